The molecule has 0 aromatic heterocycles. The van der Waals surface area contributed by atoms with Crippen molar-refractivity contribution in [1.29, 1.82) is 0 Å². The molecule has 0 fully saturated rings. The van der Waals surface area contributed by atoms with Gasteiger partial charge in [0, 0.05) is 35.5 Å². The molecule has 66 heavy (non-hydrogen) atoms. The van der Waals surface area contributed by atoms with Gasteiger partial charge >= 0.3 is 0 Å². The molecule has 1 aromatic carbocycles. The first-order chi connectivity index (χ1) is 32.7. The average Bonchev–Trinajstić information content (AvgIpc) is 3.40. The summed E-state index contributed by atoms with van der Waals surface area (Å²) in [5.74, 6) is 3.32. The van der Waals surface area contributed by atoms with E-state index in [9.17, 15) is 0 Å². The van der Waals surface area contributed by atoms with Gasteiger partial charge in [-0.05, 0) is 141 Å². The number of rotatable bonds is 8. The van der Waals surface area contributed by atoms with Crippen LogP contribution in [-0.2, 0) is 0 Å². The molecular formula is C66H60. The Morgan fingerprint density at radius 1 is 0.455 bits per heavy atom. The first kappa shape index (κ1) is 41.0. The number of hydrogen-bond donors (Lipinski definition) is 0. The Balaban J connectivity index is 0.845. The van der Waals surface area contributed by atoms with Crippen LogP contribution < -0.4 is 10.4 Å². The van der Waals surface area contributed by atoms with E-state index in [-0.39, 0.29) is 0 Å². The molecule has 0 nitrogen and oxygen atoms in total. The predicted molar refractivity (Wildman–Crippen MR) is 279 cm³/mol. The van der Waals surface area contributed by atoms with Gasteiger partial charge in [-0.25, -0.2) is 0 Å². The van der Waals surface area contributed by atoms with Crippen molar-refractivity contribution in [3.63, 3.8) is 0 Å². The highest BCUT2D eigenvalue weighted by atomic mass is 14.4. The van der Waals surface area contributed by atoms with Crippen LogP contribution in [0.15, 0.2) is 274 Å². The van der Waals surface area contributed by atoms with Crippen LogP contribution in [0.2, 0.25) is 0 Å². The van der Waals surface area contributed by atoms with Gasteiger partial charge in [0.2, 0.25) is 0 Å². The Morgan fingerprint density at radius 3 is 1.83 bits per heavy atom. The van der Waals surface area contributed by atoms with E-state index in [0.717, 1.165) is 51.4 Å². The standard InChI is InChI=1S/C66H60/c1-3-16-46(17-4-1)53-42-54(47-18-5-2-6-19-47)44-55(43-53)48-36-38-52(39-37-48)66-63-27-13-11-25-61(63)65(62-26-12-14-28-64(62)66)51-34-31-45(32-35-51)30-33-50-40-41-60(58-24-10-9-23-57(50)58)59-29-15-21-49-20-7-8-22-56(49)59/h1,3-5,7-16,18-31,33-34,36,38,40-42,44,46,49,53,56-58,61,63H,2,6,17,32,35,37,39,43H2. The lowest BCUT2D eigenvalue weighted by Gasteiger charge is -2.36. The monoisotopic (exact) mass is 852 g/mol. The van der Waals surface area contributed by atoms with Crippen molar-refractivity contribution in [3.05, 3.63) is 285 Å². The maximum Gasteiger partial charge on any atom is 0.0134 e. The van der Waals surface area contributed by atoms with Crippen molar-refractivity contribution in [2.75, 3.05) is 0 Å². The van der Waals surface area contributed by atoms with Gasteiger partial charge in [-0.3, -0.25) is 0 Å². The molecule has 324 valence electrons. The summed E-state index contributed by atoms with van der Waals surface area (Å²) >= 11 is 0. The second-order valence-electron chi connectivity index (χ2n) is 19.8. The smallest absolute Gasteiger partial charge is 0.0134 e. The van der Waals surface area contributed by atoms with Gasteiger partial charge < -0.3 is 0 Å². The average molecular weight is 853 g/mol. The van der Waals surface area contributed by atoms with Crippen LogP contribution in [0.3, 0.4) is 0 Å². The van der Waals surface area contributed by atoms with Crippen LogP contribution in [0.25, 0.3) is 11.1 Å². The minimum absolute atomic E-state index is 0.327. The van der Waals surface area contributed by atoms with E-state index in [1.807, 2.05) is 0 Å². The van der Waals surface area contributed by atoms with Crippen LogP contribution in [0, 0.1) is 47.3 Å². The van der Waals surface area contributed by atoms with Crippen molar-refractivity contribution in [3.8, 4) is 0 Å². The largest absolute Gasteiger partial charge is 0.0839 e. The molecule has 0 spiro atoms. The summed E-state index contributed by atoms with van der Waals surface area (Å²) in [4.78, 5) is 0. The predicted octanol–water partition coefficient (Wildman–Crippen LogP) is 14.6. The van der Waals surface area contributed by atoms with E-state index in [1.54, 1.807) is 0 Å². The molecular weight excluding hydrogens is 793 g/mol. The molecule has 0 radical (unpaired) electrons. The van der Waals surface area contributed by atoms with Gasteiger partial charge in [-0.2, -0.15) is 0 Å². The van der Waals surface area contributed by atoms with Gasteiger partial charge in [0.15, 0.2) is 0 Å². The lowest BCUT2D eigenvalue weighted by molar-refractivity contribution is 0.467. The normalized spacial score (nSPS) is 31.3. The summed E-state index contributed by atoms with van der Waals surface area (Å²) < 4.78 is 0. The Morgan fingerprint density at radius 2 is 1.12 bits per heavy atom. The molecule has 11 aliphatic carbocycles. The fourth-order valence-corrected chi connectivity index (χ4v) is 12.7. The second-order valence-corrected chi connectivity index (χ2v) is 19.8. The van der Waals surface area contributed by atoms with Crippen molar-refractivity contribution in [2.24, 2.45) is 47.3 Å². The summed E-state index contributed by atoms with van der Waals surface area (Å²) in [7, 11) is 0. The quantitative estimate of drug-likeness (QED) is 0.244. The minimum Gasteiger partial charge on any atom is -0.0839 e. The third-order valence-electron chi connectivity index (χ3n) is 16.1. The Labute approximate surface area is 392 Å². The zero-order valence-electron chi connectivity index (χ0n) is 38.1. The lowest BCUT2D eigenvalue weighted by atomic mass is 9.67. The third-order valence-corrected chi connectivity index (χ3v) is 16.1. The van der Waals surface area contributed by atoms with Gasteiger partial charge in [0.05, 0.1) is 0 Å². The highest BCUT2D eigenvalue weighted by Gasteiger charge is 2.36. The highest BCUT2D eigenvalue weighted by Crippen LogP contribution is 2.47. The van der Waals surface area contributed by atoms with Crippen LogP contribution in [0.4, 0.5) is 0 Å². The molecule has 0 heteroatoms. The van der Waals surface area contributed by atoms with Crippen molar-refractivity contribution in [2.45, 2.75) is 51.4 Å². The molecule has 0 saturated heterocycles. The van der Waals surface area contributed by atoms with Crippen molar-refractivity contribution >= 4 is 11.1 Å². The van der Waals surface area contributed by atoms with E-state index in [4.69, 9.17) is 0 Å². The Bertz CT molecular complexity index is 3040. The zero-order valence-corrected chi connectivity index (χ0v) is 38.1. The first-order valence-corrected chi connectivity index (χ1v) is 25.0. The van der Waals surface area contributed by atoms with Gasteiger partial charge in [-0.15, -0.1) is 0 Å². The summed E-state index contributed by atoms with van der Waals surface area (Å²) in [5, 5.41) is 2.85. The van der Waals surface area contributed by atoms with Crippen LogP contribution >= 0.6 is 0 Å². The van der Waals surface area contributed by atoms with Gasteiger partial charge in [-0.1, -0.05) is 219 Å². The summed E-state index contributed by atoms with van der Waals surface area (Å²) in [6, 6.07) is 9.33. The zero-order chi connectivity index (χ0) is 43.8. The van der Waals surface area contributed by atoms with E-state index in [1.165, 1.54) is 77.3 Å². The fraction of sp³-hybridized carbons (Fsp3) is 0.242. The molecule has 1 aromatic rings. The van der Waals surface area contributed by atoms with Gasteiger partial charge in [0.1, 0.15) is 0 Å². The van der Waals surface area contributed by atoms with Crippen LogP contribution in [0.1, 0.15) is 51.4 Å². The van der Waals surface area contributed by atoms with Gasteiger partial charge in [0.25, 0.3) is 0 Å². The van der Waals surface area contributed by atoms with Crippen molar-refractivity contribution < 1.29 is 0 Å². The molecule has 0 N–H and O–H groups in total. The topological polar surface area (TPSA) is 0 Å². The van der Waals surface area contributed by atoms with E-state index >= 15 is 0 Å². The molecule has 0 saturated carbocycles. The third kappa shape index (κ3) is 7.79. The Kier molecular flexibility index (Phi) is 11.2. The Hall–Kier alpha value is -6.50. The molecule has 11 aliphatic rings. The number of allylic oxidation sites excluding steroid dienone is 42. The number of fused-ring (bicyclic) bond motifs is 4. The summed E-state index contributed by atoms with van der Waals surface area (Å²) in [6.45, 7) is 0. The number of benzene rings is 1. The molecule has 0 heterocycles. The summed E-state index contributed by atoms with van der Waals surface area (Å²) in [5.41, 5.74) is 17.7. The van der Waals surface area contributed by atoms with Crippen molar-refractivity contribution in [1.82, 2.24) is 0 Å². The van der Waals surface area contributed by atoms with E-state index in [2.05, 4.69) is 219 Å². The highest BCUT2D eigenvalue weighted by molar-refractivity contribution is 5.81. The maximum atomic E-state index is 2.59. The van der Waals surface area contributed by atoms with E-state index in [0.29, 0.717) is 47.3 Å². The molecule has 0 bridgehead atoms. The van der Waals surface area contributed by atoms with E-state index < -0.39 is 0 Å². The lowest BCUT2D eigenvalue weighted by Crippen LogP contribution is -2.40. The summed E-state index contributed by atoms with van der Waals surface area (Å²) in [6.07, 6.45) is 84.8. The molecule has 0 amide bonds. The van der Waals surface area contributed by atoms with Crippen LogP contribution in [-0.4, -0.2) is 0 Å². The molecule has 12 rings (SSSR count). The first-order valence-electron chi connectivity index (χ1n) is 25.0. The molecule has 8 unspecified atom stereocenters. The molecule has 8 atom stereocenters. The minimum atomic E-state index is 0.327. The number of hydrogen-bond acceptors (Lipinski definition) is 0. The maximum absolute atomic E-state index is 2.59. The van der Waals surface area contributed by atoms with Crippen LogP contribution in [0.5, 0.6) is 0 Å². The SMILES string of the molecule is C1=CCC(C2C=C(C3=CCCC=C3)C=C(C3=CC=C(C4=c5ccccc5=C(C5=CC=C(C=CC6=CC=C(C7=CC=CC8C=CC=CC78)C7C=CC=CC67)CC5)C5C=CC=CC45)CC3)C2)C=C1. The fourth-order valence-electron chi connectivity index (χ4n) is 12.7. The molecule has 0 aliphatic heterocycles. The second kappa shape index (κ2) is 18.1.